The van der Waals surface area contributed by atoms with Crippen molar-refractivity contribution in [2.75, 3.05) is 11.5 Å². The molecule has 0 spiro atoms. The summed E-state index contributed by atoms with van der Waals surface area (Å²) in [5.74, 6) is 0.362. The number of carbonyl (C=O) groups is 1. The number of hydrogen-bond donors (Lipinski definition) is 0. The van der Waals surface area contributed by atoms with Crippen LogP contribution in [-0.2, 0) is 16.4 Å². The molecular formula is C11H17NO3S. The summed E-state index contributed by atoms with van der Waals surface area (Å²) in [6, 6.07) is 3.54. The van der Waals surface area contributed by atoms with Crippen LogP contribution in [0.2, 0.25) is 0 Å². The molecule has 0 aliphatic heterocycles. The van der Waals surface area contributed by atoms with Crippen LogP contribution in [0.1, 0.15) is 30.8 Å². The van der Waals surface area contributed by atoms with Crippen molar-refractivity contribution >= 4 is 15.6 Å². The number of carbonyl (C=O) groups excluding carboxylic acids is 1. The highest BCUT2D eigenvalue weighted by atomic mass is 32.2. The third kappa shape index (κ3) is 3.48. The van der Waals surface area contributed by atoms with Crippen molar-refractivity contribution in [1.82, 2.24) is 4.57 Å². The zero-order chi connectivity index (χ0) is 12.2. The first-order valence-electron chi connectivity index (χ1n) is 5.33. The summed E-state index contributed by atoms with van der Waals surface area (Å²) in [4.78, 5) is 11.2. The molecule has 1 aromatic heterocycles. The average molecular weight is 243 g/mol. The molecule has 4 nitrogen and oxygen atoms in total. The lowest BCUT2D eigenvalue weighted by Gasteiger charge is -2.06. The SMILES string of the molecule is CCS(=O)(=O)CCCn1cccc1C(C)=O. The fourth-order valence-electron chi connectivity index (χ4n) is 1.53. The second-order valence-corrected chi connectivity index (χ2v) is 6.21. The van der Waals surface area contributed by atoms with Gasteiger partial charge in [-0.05, 0) is 18.6 Å². The number of nitrogens with zero attached hydrogens (tertiary/aromatic N) is 1. The van der Waals surface area contributed by atoms with Crippen molar-refractivity contribution < 1.29 is 13.2 Å². The van der Waals surface area contributed by atoms with Crippen LogP contribution >= 0.6 is 0 Å². The topological polar surface area (TPSA) is 56.1 Å². The Morgan fingerprint density at radius 1 is 1.44 bits per heavy atom. The molecule has 90 valence electrons. The Bertz CT molecular complexity index is 459. The monoisotopic (exact) mass is 243 g/mol. The summed E-state index contributed by atoms with van der Waals surface area (Å²) in [6.45, 7) is 3.72. The van der Waals surface area contributed by atoms with E-state index in [-0.39, 0.29) is 17.3 Å². The van der Waals surface area contributed by atoms with Gasteiger partial charge in [0.2, 0.25) is 0 Å². The molecule has 0 aromatic carbocycles. The van der Waals surface area contributed by atoms with E-state index in [0.29, 0.717) is 18.7 Å². The Hall–Kier alpha value is -1.10. The largest absolute Gasteiger partial charge is 0.345 e. The standard InChI is InChI=1S/C11H17NO3S/c1-3-16(14,15)9-5-8-12-7-4-6-11(12)10(2)13/h4,6-7H,3,5,8-9H2,1-2H3. The fourth-order valence-corrected chi connectivity index (χ4v) is 2.39. The normalized spacial score (nSPS) is 11.6. The molecule has 16 heavy (non-hydrogen) atoms. The highest BCUT2D eigenvalue weighted by Gasteiger charge is 2.09. The van der Waals surface area contributed by atoms with E-state index in [1.807, 2.05) is 0 Å². The molecule has 0 bridgehead atoms. The molecule has 0 amide bonds. The number of ketones is 1. The fraction of sp³-hybridized carbons (Fsp3) is 0.545. The third-order valence-electron chi connectivity index (χ3n) is 2.48. The molecule has 0 atom stereocenters. The van der Waals surface area contributed by atoms with Gasteiger partial charge >= 0.3 is 0 Å². The molecule has 1 heterocycles. The zero-order valence-electron chi connectivity index (χ0n) is 9.64. The zero-order valence-corrected chi connectivity index (χ0v) is 10.5. The van der Waals surface area contributed by atoms with E-state index in [0.717, 1.165) is 0 Å². The number of aromatic nitrogens is 1. The molecule has 0 radical (unpaired) electrons. The number of rotatable bonds is 6. The molecule has 5 heteroatoms. The van der Waals surface area contributed by atoms with E-state index in [4.69, 9.17) is 0 Å². The van der Waals surface area contributed by atoms with Gasteiger partial charge in [-0.15, -0.1) is 0 Å². The molecule has 0 N–H and O–H groups in total. The van der Waals surface area contributed by atoms with Gasteiger partial charge in [-0.3, -0.25) is 4.79 Å². The van der Waals surface area contributed by atoms with E-state index in [1.165, 1.54) is 6.92 Å². The van der Waals surface area contributed by atoms with E-state index in [2.05, 4.69) is 0 Å². The predicted octanol–water partition coefficient (Wildman–Crippen LogP) is 1.52. The van der Waals surface area contributed by atoms with Gasteiger partial charge in [-0.25, -0.2) is 8.42 Å². The summed E-state index contributed by atoms with van der Waals surface area (Å²) < 4.78 is 24.3. The first-order chi connectivity index (χ1) is 7.46. The van der Waals surface area contributed by atoms with Gasteiger partial charge in [0, 0.05) is 25.4 Å². The van der Waals surface area contributed by atoms with Crippen molar-refractivity contribution in [3.05, 3.63) is 24.0 Å². The van der Waals surface area contributed by atoms with Gasteiger partial charge in [0.1, 0.15) is 9.84 Å². The summed E-state index contributed by atoms with van der Waals surface area (Å²) in [5, 5.41) is 0. The molecule has 1 rings (SSSR count). The van der Waals surface area contributed by atoms with Crippen LogP contribution < -0.4 is 0 Å². The van der Waals surface area contributed by atoms with E-state index < -0.39 is 9.84 Å². The summed E-state index contributed by atoms with van der Waals surface area (Å²) in [7, 11) is -2.90. The third-order valence-corrected chi connectivity index (χ3v) is 4.27. The molecular weight excluding hydrogens is 226 g/mol. The van der Waals surface area contributed by atoms with Crippen LogP contribution in [0.4, 0.5) is 0 Å². The maximum Gasteiger partial charge on any atom is 0.176 e. The van der Waals surface area contributed by atoms with Crippen molar-refractivity contribution in [2.24, 2.45) is 0 Å². The second kappa shape index (κ2) is 5.30. The van der Waals surface area contributed by atoms with Gasteiger partial charge < -0.3 is 4.57 Å². The Labute approximate surface area is 96.2 Å². The average Bonchev–Trinajstić information content (AvgIpc) is 2.66. The minimum absolute atomic E-state index is 0.00310. The van der Waals surface area contributed by atoms with E-state index >= 15 is 0 Å². The number of aryl methyl sites for hydroxylation is 1. The van der Waals surface area contributed by atoms with Gasteiger partial charge in [0.15, 0.2) is 5.78 Å². The Balaban J connectivity index is 2.56. The van der Waals surface area contributed by atoms with Crippen LogP contribution in [0.15, 0.2) is 18.3 Å². The Kier molecular flexibility index (Phi) is 4.29. The first-order valence-corrected chi connectivity index (χ1v) is 7.15. The minimum atomic E-state index is -2.90. The minimum Gasteiger partial charge on any atom is -0.345 e. The lowest BCUT2D eigenvalue weighted by molar-refractivity contribution is 0.100. The van der Waals surface area contributed by atoms with Crippen LogP contribution in [0.25, 0.3) is 0 Å². The molecule has 0 aliphatic carbocycles. The summed E-state index contributed by atoms with van der Waals surface area (Å²) in [6.07, 6.45) is 2.35. The molecule has 0 fully saturated rings. The van der Waals surface area contributed by atoms with Crippen molar-refractivity contribution in [2.45, 2.75) is 26.8 Å². The van der Waals surface area contributed by atoms with E-state index in [1.54, 1.807) is 29.8 Å². The predicted molar refractivity (Wildman–Crippen MR) is 63.4 cm³/mol. The number of Topliss-reactive ketones (excluding diaryl/α,β-unsaturated/α-hetero) is 1. The van der Waals surface area contributed by atoms with Crippen molar-refractivity contribution in [3.8, 4) is 0 Å². The molecule has 1 aromatic rings. The Morgan fingerprint density at radius 3 is 2.69 bits per heavy atom. The maximum atomic E-state index is 11.3. The van der Waals surface area contributed by atoms with Crippen molar-refractivity contribution in [1.29, 1.82) is 0 Å². The lowest BCUT2D eigenvalue weighted by Crippen LogP contribution is -2.12. The lowest BCUT2D eigenvalue weighted by atomic mass is 10.3. The molecule has 0 saturated heterocycles. The smallest absolute Gasteiger partial charge is 0.176 e. The van der Waals surface area contributed by atoms with Gasteiger partial charge in [-0.2, -0.15) is 0 Å². The molecule has 0 unspecified atom stereocenters. The van der Waals surface area contributed by atoms with Crippen LogP contribution in [0, 0.1) is 0 Å². The summed E-state index contributed by atoms with van der Waals surface area (Å²) in [5.41, 5.74) is 0.633. The van der Waals surface area contributed by atoms with Crippen molar-refractivity contribution in [3.63, 3.8) is 0 Å². The highest BCUT2D eigenvalue weighted by Crippen LogP contribution is 2.05. The summed E-state index contributed by atoms with van der Waals surface area (Å²) >= 11 is 0. The maximum absolute atomic E-state index is 11.3. The van der Waals surface area contributed by atoms with Crippen LogP contribution in [-0.4, -0.2) is 30.3 Å². The van der Waals surface area contributed by atoms with Crippen LogP contribution in [0.3, 0.4) is 0 Å². The van der Waals surface area contributed by atoms with Gasteiger partial charge in [-0.1, -0.05) is 6.92 Å². The first kappa shape index (κ1) is 13.0. The quantitative estimate of drug-likeness (QED) is 0.712. The molecule has 0 aliphatic rings. The van der Waals surface area contributed by atoms with E-state index in [9.17, 15) is 13.2 Å². The number of hydrogen-bond acceptors (Lipinski definition) is 3. The number of sulfone groups is 1. The van der Waals surface area contributed by atoms with Crippen LogP contribution in [0.5, 0.6) is 0 Å². The van der Waals surface area contributed by atoms with Gasteiger partial charge in [0.25, 0.3) is 0 Å². The molecule has 0 saturated carbocycles. The highest BCUT2D eigenvalue weighted by molar-refractivity contribution is 7.91. The van der Waals surface area contributed by atoms with Gasteiger partial charge in [0.05, 0.1) is 11.4 Å². The Morgan fingerprint density at radius 2 is 2.12 bits per heavy atom. The second-order valence-electron chi connectivity index (χ2n) is 3.73.